The molecule has 4 heteroatoms. The second-order valence-corrected chi connectivity index (χ2v) is 3.07. The van der Waals surface area contributed by atoms with Gasteiger partial charge in [0, 0.05) is 26.4 Å². The summed E-state index contributed by atoms with van der Waals surface area (Å²) in [6.07, 6.45) is 3.63. The molecule has 0 aliphatic rings. The van der Waals surface area contributed by atoms with Crippen LogP contribution in [0, 0.1) is 0 Å². The Kier molecular flexibility index (Phi) is 4.19. The lowest BCUT2D eigenvalue weighted by molar-refractivity contribution is -0.149. The number of hydrogen-bond acceptors (Lipinski definition) is 3. The van der Waals surface area contributed by atoms with Gasteiger partial charge in [-0.25, -0.2) is 0 Å². The molecule has 0 radical (unpaired) electrons. The summed E-state index contributed by atoms with van der Waals surface area (Å²) in [5.74, 6) is -0.279. The largest absolute Gasteiger partial charge is 0.458 e. The van der Waals surface area contributed by atoms with Crippen molar-refractivity contribution in [2.45, 2.75) is 19.6 Å². The third-order valence-electron chi connectivity index (χ3n) is 1.77. The third-order valence-corrected chi connectivity index (χ3v) is 1.77. The fraction of sp³-hybridized carbons (Fsp3) is 0.500. The predicted molar refractivity (Wildman–Crippen MR) is 51.9 cm³/mol. The number of esters is 1. The van der Waals surface area contributed by atoms with Crippen molar-refractivity contribution in [3.63, 3.8) is 0 Å². The van der Waals surface area contributed by atoms with Crippen molar-refractivity contribution >= 4 is 5.97 Å². The van der Waals surface area contributed by atoms with Gasteiger partial charge >= 0.3 is 5.97 Å². The van der Waals surface area contributed by atoms with Crippen LogP contribution in [0.15, 0.2) is 24.5 Å². The molecular formula is C10H15NO3. The van der Waals surface area contributed by atoms with E-state index in [9.17, 15) is 4.79 Å². The van der Waals surface area contributed by atoms with E-state index >= 15 is 0 Å². The molecule has 0 spiro atoms. The first-order valence-corrected chi connectivity index (χ1v) is 4.49. The molecule has 0 aromatic carbocycles. The molecule has 1 aromatic rings. The molecule has 0 unspecified atom stereocenters. The number of methoxy groups -OCH3 is 1. The summed E-state index contributed by atoms with van der Waals surface area (Å²) in [6, 6.07) is 3.86. The lowest BCUT2D eigenvalue weighted by Gasteiger charge is -2.16. The monoisotopic (exact) mass is 197 g/mol. The molecule has 1 heterocycles. The normalized spacial score (nSPS) is 12.4. The Morgan fingerprint density at radius 1 is 1.43 bits per heavy atom. The quantitative estimate of drug-likeness (QED) is 0.663. The van der Waals surface area contributed by atoms with Gasteiger partial charge in [0.25, 0.3) is 0 Å². The fourth-order valence-corrected chi connectivity index (χ4v) is 1.27. The number of carbonyl (C=O) groups is 1. The molecule has 0 bridgehead atoms. The summed E-state index contributed by atoms with van der Waals surface area (Å²) in [4.78, 5) is 10.8. The minimum Gasteiger partial charge on any atom is -0.458 e. The summed E-state index contributed by atoms with van der Waals surface area (Å²) >= 11 is 0. The average molecular weight is 197 g/mol. The summed E-state index contributed by atoms with van der Waals surface area (Å²) in [5, 5.41) is 0. The summed E-state index contributed by atoms with van der Waals surface area (Å²) < 4.78 is 12.0. The maximum Gasteiger partial charge on any atom is 0.303 e. The van der Waals surface area contributed by atoms with Gasteiger partial charge in [-0.2, -0.15) is 0 Å². The highest BCUT2D eigenvalue weighted by atomic mass is 16.6. The van der Waals surface area contributed by atoms with E-state index in [0.717, 1.165) is 0 Å². The van der Waals surface area contributed by atoms with E-state index in [0.29, 0.717) is 13.2 Å². The smallest absolute Gasteiger partial charge is 0.303 e. The molecule has 0 N–H and O–H groups in total. The van der Waals surface area contributed by atoms with Gasteiger partial charge in [-0.3, -0.25) is 4.79 Å². The molecule has 4 nitrogen and oxygen atoms in total. The van der Waals surface area contributed by atoms with Gasteiger partial charge in [0.1, 0.15) is 6.10 Å². The number of hydrogen-bond donors (Lipinski definition) is 0. The highest BCUT2D eigenvalue weighted by Crippen LogP contribution is 2.00. The standard InChI is InChI=1S/C10H15NO3/c1-9(12)14-10(8-13-2)7-11-5-3-4-6-11/h3-6,10H,7-8H2,1-2H3/t10-/m1/s1. The van der Waals surface area contributed by atoms with Crippen molar-refractivity contribution in [1.29, 1.82) is 0 Å². The van der Waals surface area contributed by atoms with E-state index in [4.69, 9.17) is 9.47 Å². The molecule has 0 fully saturated rings. The van der Waals surface area contributed by atoms with Gasteiger partial charge in [0.05, 0.1) is 13.2 Å². The Bertz CT molecular complexity index is 269. The van der Waals surface area contributed by atoms with E-state index in [1.54, 1.807) is 7.11 Å². The second kappa shape index (κ2) is 5.44. The van der Waals surface area contributed by atoms with Crippen molar-refractivity contribution in [3.8, 4) is 0 Å². The Morgan fingerprint density at radius 3 is 2.57 bits per heavy atom. The van der Waals surface area contributed by atoms with Gasteiger partial charge in [0.2, 0.25) is 0 Å². The van der Waals surface area contributed by atoms with Gasteiger partial charge in [-0.15, -0.1) is 0 Å². The number of ether oxygens (including phenoxy) is 2. The van der Waals surface area contributed by atoms with Crippen LogP contribution >= 0.6 is 0 Å². The van der Waals surface area contributed by atoms with Gasteiger partial charge in [-0.05, 0) is 12.1 Å². The van der Waals surface area contributed by atoms with Gasteiger partial charge < -0.3 is 14.0 Å². The van der Waals surface area contributed by atoms with Crippen LogP contribution in [0.3, 0.4) is 0 Å². The molecule has 0 aliphatic carbocycles. The van der Waals surface area contributed by atoms with Crippen LogP contribution in [0.5, 0.6) is 0 Å². The van der Waals surface area contributed by atoms with Crippen molar-refractivity contribution in [2.24, 2.45) is 0 Å². The molecule has 78 valence electrons. The van der Waals surface area contributed by atoms with Crippen LogP contribution in [-0.2, 0) is 20.8 Å². The van der Waals surface area contributed by atoms with Crippen molar-refractivity contribution in [3.05, 3.63) is 24.5 Å². The number of aromatic nitrogens is 1. The lowest BCUT2D eigenvalue weighted by Crippen LogP contribution is -2.26. The van der Waals surface area contributed by atoms with Crippen LogP contribution < -0.4 is 0 Å². The Hall–Kier alpha value is -1.29. The maximum atomic E-state index is 10.8. The summed E-state index contributed by atoms with van der Waals surface area (Å²) in [6.45, 7) is 2.44. The highest BCUT2D eigenvalue weighted by molar-refractivity contribution is 5.66. The SMILES string of the molecule is COC[C@@H](Cn1cccc1)OC(C)=O. The van der Waals surface area contributed by atoms with E-state index in [-0.39, 0.29) is 12.1 Å². The Balaban J connectivity index is 2.46. The molecule has 1 rings (SSSR count). The Morgan fingerprint density at radius 2 is 2.07 bits per heavy atom. The minimum atomic E-state index is -0.279. The van der Waals surface area contributed by atoms with Gasteiger partial charge in [-0.1, -0.05) is 0 Å². The van der Waals surface area contributed by atoms with Crippen LogP contribution in [0.2, 0.25) is 0 Å². The van der Waals surface area contributed by atoms with E-state index in [1.165, 1.54) is 6.92 Å². The molecular weight excluding hydrogens is 182 g/mol. The minimum absolute atomic E-state index is 0.218. The third kappa shape index (κ3) is 3.62. The van der Waals surface area contributed by atoms with E-state index in [1.807, 2.05) is 29.1 Å². The maximum absolute atomic E-state index is 10.8. The zero-order chi connectivity index (χ0) is 10.4. The van der Waals surface area contributed by atoms with E-state index in [2.05, 4.69) is 0 Å². The molecule has 0 saturated carbocycles. The van der Waals surface area contributed by atoms with Crippen LogP contribution in [0.4, 0.5) is 0 Å². The van der Waals surface area contributed by atoms with Crippen LogP contribution in [0.1, 0.15) is 6.92 Å². The van der Waals surface area contributed by atoms with Crippen molar-refractivity contribution in [2.75, 3.05) is 13.7 Å². The lowest BCUT2D eigenvalue weighted by atomic mass is 10.3. The number of nitrogens with zero attached hydrogens (tertiary/aromatic N) is 1. The molecule has 14 heavy (non-hydrogen) atoms. The molecule has 0 amide bonds. The second-order valence-electron chi connectivity index (χ2n) is 3.07. The zero-order valence-electron chi connectivity index (χ0n) is 8.47. The fourth-order valence-electron chi connectivity index (χ4n) is 1.27. The first-order chi connectivity index (χ1) is 6.72. The highest BCUT2D eigenvalue weighted by Gasteiger charge is 2.11. The summed E-state index contributed by atoms with van der Waals surface area (Å²) in [5.41, 5.74) is 0. The first-order valence-electron chi connectivity index (χ1n) is 4.49. The van der Waals surface area contributed by atoms with Crippen LogP contribution in [-0.4, -0.2) is 30.4 Å². The average Bonchev–Trinajstić information content (AvgIpc) is 2.56. The van der Waals surface area contributed by atoms with Crippen LogP contribution in [0.25, 0.3) is 0 Å². The van der Waals surface area contributed by atoms with Gasteiger partial charge in [0.15, 0.2) is 0 Å². The summed E-state index contributed by atoms with van der Waals surface area (Å²) in [7, 11) is 1.59. The Labute approximate surface area is 83.4 Å². The topological polar surface area (TPSA) is 40.5 Å². The van der Waals surface area contributed by atoms with E-state index < -0.39 is 0 Å². The molecule has 1 aromatic heterocycles. The molecule has 0 aliphatic heterocycles. The number of carbonyl (C=O) groups excluding carboxylic acids is 1. The zero-order valence-corrected chi connectivity index (χ0v) is 8.47. The molecule has 0 saturated heterocycles. The molecule has 1 atom stereocenters. The van der Waals surface area contributed by atoms with Crippen molar-refractivity contribution < 1.29 is 14.3 Å². The van der Waals surface area contributed by atoms with Crippen molar-refractivity contribution in [1.82, 2.24) is 4.57 Å². The first kappa shape index (κ1) is 10.8. The predicted octanol–water partition coefficient (Wildman–Crippen LogP) is 1.07. The number of rotatable bonds is 5.